The van der Waals surface area contributed by atoms with Crippen LogP contribution >= 0.6 is 0 Å². The first-order chi connectivity index (χ1) is 11.7. The van der Waals surface area contributed by atoms with Crippen molar-refractivity contribution in [2.45, 2.75) is 51.7 Å². The number of hydrogen-bond donors (Lipinski definition) is 3. The van der Waals surface area contributed by atoms with E-state index in [0.717, 1.165) is 11.1 Å². The maximum atomic E-state index is 12.8. The van der Waals surface area contributed by atoms with Crippen LogP contribution in [0, 0.1) is 12.8 Å². The smallest absolute Gasteiger partial charge is 0.313 e. The van der Waals surface area contributed by atoms with Gasteiger partial charge in [0.05, 0.1) is 17.6 Å². The van der Waals surface area contributed by atoms with E-state index in [9.17, 15) is 14.7 Å². The van der Waals surface area contributed by atoms with Gasteiger partial charge in [-0.2, -0.15) is 0 Å². The van der Waals surface area contributed by atoms with Crippen molar-refractivity contribution in [3.8, 4) is 0 Å². The van der Waals surface area contributed by atoms with E-state index in [0.29, 0.717) is 11.3 Å². The van der Waals surface area contributed by atoms with Gasteiger partial charge in [-0.25, -0.2) is 0 Å². The maximum absolute atomic E-state index is 12.8. The lowest BCUT2D eigenvalue weighted by Crippen LogP contribution is -2.50. The second-order valence-corrected chi connectivity index (χ2v) is 7.36. The lowest BCUT2D eigenvalue weighted by molar-refractivity contribution is -0.163. The van der Waals surface area contributed by atoms with Gasteiger partial charge in [0, 0.05) is 23.6 Å². The summed E-state index contributed by atoms with van der Waals surface area (Å²) in [6.45, 7) is 7.13. The maximum Gasteiger partial charge on any atom is 0.313 e. The normalized spacial score (nSPS) is 25.7. The molecule has 25 heavy (non-hydrogen) atoms. The highest BCUT2D eigenvalue weighted by molar-refractivity contribution is 5.77. The molecule has 1 heterocycles. The molecule has 0 unspecified atom stereocenters. The summed E-state index contributed by atoms with van der Waals surface area (Å²) >= 11 is 0. The number of esters is 1. The Morgan fingerprint density at radius 2 is 1.92 bits per heavy atom. The highest BCUT2D eigenvalue weighted by Crippen LogP contribution is 2.44. The zero-order chi connectivity index (χ0) is 18.4. The quantitative estimate of drug-likeness (QED) is 0.742. The topological polar surface area (TPSA) is 95.2 Å². The average molecular weight is 344 g/mol. The van der Waals surface area contributed by atoms with Crippen LogP contribution in [0.3, 0.4) is 0 Å². The summed E-state index contributed by atoms with van der Waals surface area (Å²) in [5, 5.41) is 16.5. The fourth-order valence-electron chi connectivity index (χ4n) is 3.69. The second-order valence-electron chi connectivity index (χ2n) is 7.36. The summed E-state index contributed by atoms with van der Waals surface area (Å²) in [7, 11) is 0. The van der Waals surface area contributed by atoms with Crippen molar-refractivity contribution in [1.29, 1.82) is 0 Å². The van der Waals surface area contributed by atoms with Crippen LogP contribution in [0.15, 0.2) is 29.1 Å². The van der Waals surface area contributed by atoms with Crippen molar-refractivity contribution in [1.82, 2.24) is 10.2 Å². The molecule has 0 saturated heterocycles. The zero-order valence-corrected chi connectivity index (χ0v) is 14.9. The van der Waals surface area contributed by atoms with Crippen LogP contribution < -0.4 is 5.56 Å². The van der Waals surface area contributed by atoms with Crippen molar-refractivity contribution < 1.29 is 14.6 Å². The minimum atomic E-state index is -1.33. The molecule has 1 aliphatic rings. The number of fused-ring (bicyclic) bond motifs is 1. The highest BCUT2D eigenvalue weighted by Gasteiger charge is 2.51. The molecule has 0 bridgehead atoms. The van der Waals surface area contributed by atoms with Gasteiger partial charge in [-0.1, -0.05) is 29.8 Å². The molecule has 1 aliphatic carbocycles. The summed E-state index contributed by atoms with van der Waals surface area (Å²) in [6.07, 6.45) is -0.116. The van der Waals surface area contributed by atoms with Gasteiger partial charge in [-0.05, 0) is 33.3 Å². The number of rotatable bonds is 3. The minimum Gasteiger partial charge on any atom is -0.463 e. The van der Waals surface area contributed by atoms with E-state index in [2.05, 4.69) is 10.2 Å². The molecule has 3 N–H and O–H groups in total. The number of aryl methyl sites for hydroxylation is 1. The van der Waals surface area contributed by atoms with Crippen LogP contribution in [0.1, 0.15) is 49.1 Å². The molecule has 0 amide bonds. The van der Waals surface area contributed by atoms with E-state index in [1.54, 1.807) is 20.8 Å². The summed E-state index contributed by atoms with van der Waals surface area (Å²) in [4.78, 5) is 25.2. The van der Waals surface area contributed by atoms with Gasteiger partial charge in [0.15, 0.2) is 0 Å². The largest absolute Gasteiger partial charge is 0.463 e. The predicted octanol–water partition coefficient (Wildman–Crippen LogP) is 2.02. The number of nitrogens with one attached hydrogen (secondary N) is 2. The van der Waals surface area contributed by atoms with E-state index < -0.39 is 23.4 Å². The SMILES string of the molecule is Cc1ccc([C@@H]2c3c([nH][nH]c3=O)C[C@@](C)(O)[C@H]2C(=O)OC(C)C)cc1. The molecule has 134 valence electrons. The van der Waals surface area contributed by atoms with Gasteiger partial charge in [-0.15, -0.1) is 0 Å². The van der Waals surface area contributed by atoms with Crippen molar-refractivity contribution in [2.75, 3.05) is 0 Å². The number of aromatic amines is 2. The predicted molar refractivity (Wildman–Crippen MR) is 93.5 cm³/mol. The number of aliphatic hydroxyl groups is 1. The fraction of sp³-hybridized carbons (Fsp3) is 0.474. The summed E-state index contributed by atoms with van der Waals surface area (Å²) < 4.78 is 5.41. The first kappa shape index (κ1) is 17.5. The minimum absolute atomic E-state index is 0.182. The molecule has 0 radical (unpaired) electrons. The molecule has 0 spiro atoms. The molecule has 0 fully saturated rings. The van der Waals surface area contributed by atoms with E-state index in [1.807, 2.05) is 31.2 Å². The van der Waals surface area contributed by atoms with Crippen LogP contribution in [0.5, 0.6) is 0 Å². The van der Waals surface area contributed by atoms with Crippen LogP contribution in [0.2, 0.25) is 0 Å². The van der Waals surface area contributed by atoms with Crippen LogP contribution in [-0.2, 0) is 16.0 Å². The third kappa shape index (κ3) is 3.14. The number of ether oxygens (including phenoxy) is 1. The molecular formula is C19H24N2O4. The van der Waals surface area contributed by atoms with Crippen LogP contribution in [0.4, 0.5) is 0 Å². The Bertz CT molecular complexity index is 830. The van der Waals surface area contributed by atoms with E-state index in [1.165, 1.54) is 0 Å². The van der Waals surface area contributed by atoms with Crippen LogP contribution in [0.25, 0.3) is 0 Å². The lowest BCUT2D eigenvalue weighted by atomic mass is 9.66. The number of hydrogen-bond acceptors (Lipinski definition) is 4. The fourth-order valence-corrected chi connectivity index (χ4v) is 3.69. The van der Waals surface area contributed by atoms with Crippen LogP contribution in [-0.4, -0.2) is 33.0 Å². The zero-order valence-electron chi connectivity index (χ0n) is 14.9. The van der Waals surface area contributed by atoms with E-state index in [-0.39, 0.29) is 18.1 Å². The molecule has 0 saturated carbocycles. The van der Waals surface area contributed by atoms with E-state index >= 15 is 0 Å². The molecule has 3 rings (SSSR count). The van der Waals surface area contributed by atoms with Crippen molar-refractivity contribution in [3.63, 3.8) is 0 Å². The Labute approximate surface area is 146 Å². The number of carbonyl (C=O) groups excluding carboxylic acids is 1. The van der Waals surface area contributed by atoms with Crippen molar-refractivity contribution in [3.05, 3.63) is 57.0 Å². The summed E-state index contributed by atoms with van der Waals surface area (Å²) in [5.74, 6) is -1.92. The molecule has 1 aromatic heterocycles. The summed E-state index contributed by atoms with van der Waals surface area (Å²) in [5.41, 5.74) is 1.42. The number of aromatic nitrogens is 2. The molecule has 6 heteroatoms. The number of carbonyl (C=O) groups is 1. The second kappa shape index (κ2) is 6.19. The van der Waals surface area contributed by atoms with Gasteiger partial charge in [0.1, 0.15) is 0 Å². The molecule has 2 aromatic rings. The molecule has 3 atom stereocenters. The van der Waals surface area contributed by atoms with Crippen molar-refractivity contribution >= 4 is 5.97 Å². The Balaban J connectivity index is 2.18. The van der Waals surface area contributed by atoms with Gasteiger partial charge in [-0.3, -0.25) is 14.7 Å². The molecule has 0 aliphatic heterocycles. The lowest BCUT2D eigenvalue weighted by Gasteiger charge is -2.40. The van der Waals surface area contributed by atoms with Gasteiger partial charge >= 0.3 is 5.97 Å². The first-order valence-corrected chi connectivity index (χ1v) is 8.49. The molecule has 6 nitrogen and oxygen atoms in total. The Kier molecular flexibility index (Phi) is 4.33. The summed E-state index contributed by atoms with van der Waals surface area (Å²) in [6, 6.07) is 7.66. The Morgan fingerprint density at radius 3 is 2.52 bits per heavy atom. The number of H-pyrrole nitrogens is 2. The van der Waals surface area contributed by atoms with Gasteiger partial charge < -0.3 is 14.9 Å². The van der Waals surface area contributed by atoms with Crippen molar-refractivity contribution in [2.24, 2.45) is 5.92 Å². The first-order valence-electron chi connectivity index (χ1n) is 8.49. The third-order valence-corrected chi connectivity index (χ3v) is 4.79. The van der Waals surface area contributed by atoms with Gasteiger partial charge in [0.25, 0.3) is 5.56 Å². The van der Waals surface area contributed by atoms with E-state index in [4.69, 9.17) is 4.74 Å². The molecular weight excluding hydrogens is 320 g/mol. The Hall–Kier alpha value is -2.34. The Morgan fingerprint density at radius 1 is 1.28 bits per heavy atom. The monoisotopic (exact) mass is 344 g/mol. The number of benzene rings is 1. The standard InChI is InChI=1S/C19H24N2O4/c1-10(2)25-18(23)16-14(12-7-5-11(3)6-8-12)15-13(9-19(16,4)24)20-21-17(15)22/h5-8,10,14,16,24H,9H2,1-4H3,(H2,20,21,22)/t14-,16-,19-/m1/s1. The average Bonchev–Trinajstić information content (AvgIpc) is 2.85. The highest BCUT2D eigenvalue weighted by atomic mass is 16.5. The molecule has 1 aromatic carbocycles. The third-order valence-electron chi connectivity index (χ3n) is 4.79. The van der Waals surface area contributed by atoms with Gasteiger partial charge in [0.2, 0.25) is 0 Å².